The Morgan fingerprint density at radius 2 is 1.84 bits per heavy atom. The van der Waals surface area contributed by atoms with Crippen LogP contribution in [0.3, 0.4) is 0 Å². The fraction of sp³-hybridized carbons (Fsp3) is 0.292. The first-order valence-electron chi connectivity index (χ1n) is 10.7. The van der Waals surface area contributed by atoms with Crippen molar-refractivity contribution in [1.82, 2.24) is 20.5 Å². The molecule has 1 saturated heterocycles. The smallest absolute Gasteiger partial charge is 0.324 e. The van der Waals surface area contributed by atoms with Gasteiger partial charge in [-0.25, -0.2) is 4.79 Å². The van der Waals surface area contributed by atoms with Gasteiger partial charge in [0.2, 0.25) is 5.91 Å². The maximum Gasteiger partial charge on any atom is 0.324 e. The van der Waals surface area contributed by atoms with Gasteiger partial charge in [-0.2, -0.15) is 0 Å². The van der Waals surface area contributed by atoms with Crippen LogP contribution in [0.25, 0.3) is 10.9 Å². The first-order chi connectivity index (χ1) is 15.5. The van der Waals surface area contributed by atoms with Crippen molar-refractivity contribution in [2.75, 3.05) is 13.2 Å². The number of rotatable bonds is 9. The van der Waals surface area contributed by atoms with Crippen LogP contribution < -0.4 is 10.6 Å². The first-order valence-corrected chi connectivity index (χ1v) is 10.7. The fourth-order valence-corrected chi connectivity index (χ4v) is 4.03. The first kappa shape index (κ1) is 21.6. The Bertz CT molecular complexity index is 1110. The molecule has 0 spiro atoms. The summed E-state index contributed by atoms with van der Waals surface area (Å²) in [5.74, 6) is -0.800. The Morgan fingerprint density at radius 1 is 1.09 bits per heavy atom. The number of hydrogen-bond acceptors (Lipinski definition) is 4. The second-order valence-electron chi connectivity index (χ2n) is 7.94. The number of carbonyl (C=O) groups excluding carboxylic acids is 3. The minimum Gasteiger partial charge on any atom is -0.394 e. The van der Waals surface area contributed by atoms with Crippen LogP contribution in [0.2, 0.25) is 0 Å². The van der Waals surface area contributed by atoms with Crippen molar-refractivity contribution in [2.45, 2.75) is 31.3 Å². The number of aromatic nitrogens is 1. The predicted octanol–water partition coefficient (Wildman–Crippen LogP) is 1.74. The molecule has 4 rings (SSSR count). The molecule has 0 radical (unpaired) electrons. The van der Waals surface area contributed by atoms with Crippen LogP contribution in [0.15, 0.2) is 60.8 Å². The summed E-state index contributed by atoms with van der Waals surface area (Å²) in [6, 6.07) is 15.5. The third kappa shape index (κ3) is 4.81. The molecule has 4 N–H and O–H groups in total. The van der Waals surface area contributed by atoms with Crippen molar-refractivity contribution in [3.05, 3.63) is 71.9 Å². The molecule has 0 aliphatic carbocycles. The second kappa shape index (κ2) is 9.65. The van der Waals surface area contributed by atoms with Crippen molar-refractivity contribution >= 4 is 28.7 Å². The van der Waals surface area contributed by atoms with Crippen molar-refractivity contribution in [3.63, 3.8) is 0 Å². The Balaban J connectivity index is 1.31. The summed E-state index contributed by atoms with van der Waals surface area (Å²) in [4.78, 5) is 41.9. The van der Waals surface area contributed by atoms with E-state index in [1.54, 1.807) is 0 Å². The molecule has 1 aromatic heterocycles. The van der Waals surface area contributed by atoms with Gasteiger partial charge >= 0.3 is 6.03 Å². The third-order valence-corrected chi connectivity index (χ3v) is 5.69. The number of aromatic amines is 1. The molecule has 8 heteroatoms. The quantitative estimate of drug-likeness (QED) is 0.384. The molecule has 1 aliphatic rings. The van der Waals surface area contributed by atoms with E-state index in [1.807, 2.05) is 60.8 Å². The van der Waals surface area contributed by atoms with E-state index < -0.39 is 29.9 Å². The zero-order chi connectivity index (χ0) is 22.5. The highest BCUT2D eigenvalue weighted by atomic mass is 16.3. The number of aliphatic hydroxyl groups is 1. The van der Waals surface area contributed by atoms with Crippen LogP contribution in [-0.4, -0.2) is 58.1 Å². The van der Waals surface area contributed by atoms with E-state index in [0.29, 0.717) is 12.8 Å². The summed E-state index contributed by atoms with van der Waals surface area (Å²) in [5.41, 5.74) is 3.01. The molecule has 166 valence electrons. The number of nitrogens with one attached hydrogen (secondary N) is 3. The van der Waals surface area contributed by atoms with Crippen LogP contribution in [0.4, 0.5) is 4.79 Å². The van der Waals surface area contributed by atoms with Crippen LogP contribution in [-0.2, 0) is 22.4 Å². The van der Waals surface area contributed by atoms with Gasteiger partial charge < -0.3 is 20.7 Å². The summed E-state index contributed by atoms with van der Waals surface area (Å²) in [6.07, 6.45) is 2.71. The highest BCUT2D eigenvalue weighted by Gasteiger charge is 2.39. The number of fused-ring (bicyclic) bond motifs is 1. The van der Waals surface area contributed by atoms with Gasteiger partial charge in [0.1, 0.15) is 6.04 Å². The van der Waals surface area contributed by atoms with Crippen LogP contribution in [0.5, 0.6) is 0 Å². The van der Waals surface area contributed by atoms with E-state index in [2.05, 4.69) is 15.6 Å². The van der Waals surface area contributed by atoms with Gasteiger partial charge in [-0.3, -0.25) is 14.5 Å². The average Bonchev–Trinajstić information content (AvgIpc) is 3.33. The van der Waals surface area contributed by atoms with Gasteiger partial charge in [-0.15, -0.1) is 0 Å². The molecule has 0 bridgehead atoms. The molecule has 32 heavy (non-hydrogen) atoms. The molecule has 0 unspecified atom stereocenters. The lowest BCUT2D eigenvalue weighted by Gasteiger charge is -2.17. The van der Waals surface area contributed by atoms with Crippen LogP contribution in [0, 0.1) is 0 Å². The zero-order valence-electron chi connectivity index (χ0n) is 17.6. The lowest BCUT2D eigenvalue weighted by molar-refractivity contribution is -0.131. The van der Waals surface area contributed by atoms with Gasteiger partial charge in [-0.1, -0.05) is 48.5 Å². The number of H-pyrrole nitrogens is 1. The Morgan fingerprint density at radius 3 is 2.62 bits per heavy atom. The van der Waals surface area contributed by atoms with Crippen molar-refractivity contribution in [3.8, 4) is 0 Å². The monoisotopic (exact) mass is 434 g/mol. The number of aliphatic hydroxyl groups excluding tert-OH is 1. The molecule has 2 heterocycles. The average molecular weight is 434 g/mol. The van der Waals surface area contributed by atoms with E-state index in [0.717, 1.165) is 26.9 Å². The number of urea groups is 1. The summed E-state index contributed by atoms with van der Waals surface area (Å²) in [7, 11) is 0. The molecule has 1 aliphatic heterocycles. The Labute approximate surface area is 185 Å². The molecule has 1 fully saturated rings. The summed E-state index contributed by atoms with van der Waals surface area (Å²) < 4.78 is 0. The fourth-order valence-electron chi connectivity index (χ4n) is 4.03. The van der Waals surface area contributed by atoms with E-state index in [9.17, 15) is 19.5 Å². The highest BCUT2D eigenvalue weighted by Crippen LogP contribution is 2.19. The molecular formula is C24H26N4O4. The summed E-state index contributed by atoms with van der Waals surface area (Å²) >= 11 is 0. The Kier molecular flexibility index (Phi) is 6.51. The number of carbonyl (C=O) groups is 3. The molecule has 3 aromatic rings. The summed E-state index contributed by atoms with van der Waals surface area (Å²) in [5, 5.41) is 16.0. The number of para-hydroxylation sites is 1. The number of amides is 4. The standard InChI is InChI=1S/C24H26N4O4/c29-15-18(12-16-6-2-1-3-7-16)26-22(30)13-21-23(31)28(24(32)27-21)11-10-17-14-25-20-9-5-4-8-19(17)20/h1-9,14,18,21,25,29H,10-13,15H2,(H,26,30)(H,27,32)/t18-,21+/m0/s1. The SMILES string of the molecule is O=C(C[C@H]1NC(=O)N(CCc2c[nH]c3ccccc23)C1=O)N[C@H](CO)Cc1ccccc1. The van der Waals surface area contributed by atoms with Gasteiger partial charge in [0.25, 0.3) is 5.91 Å². The van der Waals surface area contributed by atoms with Crippen LogP contribution >= 0.6 is 0 Å². The highest BCUT2D eigenvalue weighted by molar-refractivity contribution is 6.05. The summed E-state index contributed by atoms with van der Waals surface area (Å²) in [6.45, 7) is 0.0141. The number of imide groups is 1. The lowest BCUT2D eigenvalue weighted by atomic mass is 10.1. The number of hydrogen-bond donors (Lipinski definition) is 4. The van der Waals surface area contributed by atoms with Gasteiger partial charge in [0, 0.05) is 23.6 Å². The lowest BCUT2D eigenvalue weighted by Crippen LogP contribution is -2.43. The van der Waals surface area contributed by atoms with Crippen molar-refractivity contribution in [2.24, 2.45) is 0 Å². The second-order valence-corrected chi connectivity index (χ2v) is 7.94. The normalized spacial score (nSPS) is 16.9. The molecule has 2 atom stereocenters. The van der Waals surface area contributed by atoms with E-state index in [1.165, 1.54) is 0 Å². The molecule has 4 amide bonds. The predicted molar refractivity (Wildman–Crippen MR) is 120 cm³/mol. The third-order valence-electron chi connectivity index (χ3n) is 5.69. The van der Waals surface area contributed by atoms with Gasteiger partial charge in [0.05, 0.1) is 19.1 Å². The molecule has 2 aromatic carbocycles. The largest absolute Gasteiger partial charge is 0.394 e. The van der Waals surface area contributed by atoms with E-state index in [4.69, 9.17) is 0 Å². The minimum atomic E-state index is -0.901. The molecule has 8 nitrogen and oxygen atoms in total. The molecular weight excluding hydrogens is 408 g/mol. The Hall–Kier alpha value is -3.65. The topological polar surface area (TPSA) is 115 Å². The van der Waals surface area contributed by atoms with Gasteiger partial charge in [0.15, 0.2) is 0 Å². The maximum atomic E-state index is 12.7. The van der Waals surface area contributed by atoms with Crippen molar-refractivity contribution in [1.29, 1.82) is 0 Å². The minimum absolute atomic E-state index is 0.167. The van der Waals surface area contributed by atoms with Crippen LogP contribution in [0.1, 0.15) is 17.5 Å². The van der Waals surface area contributed by atoms with E-state index in [-0.39, 0.29) is 19.6 Å². The zero-order valence-corrected chi connectivity index (χ0v) is 17.6. The number of nitrogens with zero attached hydrogens (tertiary/aromatic N) is 1. The molecule has 0 saturated carbocycles. The number of benzene rings is 2. The van der Waals surface area contributed by atoms with E-state index >= 15 is 0 Å². The van der Waals surface area contributed by atoms with Gasteiger partial charge in [-0.05, 0) is 30.0 Å². The van der Waals surface area contributed by atoms with Crippen molar-refractivity contribution < 1.29 is 19.5 Å². The maximum absolute atomic E-state index is 12.7.